The average Bonchev–Trinajstić information content (AvgIpc) is 3.10. The lowest BCUT2D eigenvalue weighted by atomic mass is 10.1. The topological polar surface area (TPSA) is 81.8 Å². The third-order valence-electron chi connectivity index (χ3n) is 4.53. The van der Waals surface area contributed by atoms with Gasteiger partial charge in [-0.15, -0.1) is 0 Å². The summed E-state index contributed by atoms with van der Waals surface area (Å²) in [5.41, 5.74) is 3.71. The van der Waals surface area contributed by atoms with Crippen molar-refractivity contribution in [1.29, 1.82) is 0 Å². The second-order valence-corrected chi connectivity index (χ2v) is 6.46. The maximum absolute atomic E-state index is 12.4. The lowest BCUT2D eigenvalue weighted by molar-refractivity contribution is 0.0952. The molecule has 28 heavy (non-hydrogen) atoms. The van der Waals surface area contributed by atoms with Crippen LogP contribution < -0.4 is 10.9 Å². The van der Waals surface area contributed by atoms with Crippen molar-refractivity contribution in [3.8, 4) is 11.3 Å². The summed E-state index contributed by atoms with van der Waals surface area (Å²) in [4.78, 5) is 28.7. The number of nitrogens with zero attached hydrogens (tertiary/aromatic N) is 4. The van der Waals surface area contributed by atoms with Crippen LogP contribution in [0.4, 0.5) is 0 Å². The maximum Gasteiger partial charge on any atom is 0.266 e. The molecular formula is C21H19N5O2. The first-order chi connectivity index (χ1) is 13.6. The minimum absolute atomic E-state index is 0.205. The van der Waals surface area contributed by atoms with Gasteiger partial charge in [0.1, 0.15) is 0 Å². The van der Waals surface area contributed by atoms with E-state index in [2.05, 4.69) is 15.4 Å². The van der Waals surface area contributed by atoms with Gasteiger partial charge in [-0.05, 0) is 24.3 Å². The number of hydrogen-bond donors (Lipinski definition) is 1. The summed E-state index contributed by atoms with van der Waals surface area (Å²) in [5, 5.41) is 7.23. The number of aryl methyl sites for hydroxylation is 1. The Balaban J connectivity index is 1.44. The van der Waals surface area contributed by atoms with Gasteiger partial charge in [0.05, 0.1) is 29.6 Å². The fraction of sp³-hybridized carbons (Fsp3) is 0.143. The highest BCUT2D eigenvalue weighted by molar-refractivity contribution is 5.97. The van der Waals surface area contributed by atoms with Crippen LogP contribution in [-0.2, 0) is 13.6 Å². The molecule has 0 radical (unpaired) electrons. The third-order valence-corrected chi connectivity index (χ3v) is 4.53. The molecule has 0 atom stereocenters. The van der Waals surface area contributed by atoms with Crippen molar-refractivity contribution in [1.82, 2.24) is 24.6 Å². The van der Waals surface area contributed by atoms with E-state index in [1.54, 1.807) is 24.5 Å². The van der Waals surface area contributed by atoms with E-state index in [9.17, 15) is 9.59 Å². The van der Waals surface area contributed by atoms with E-state index in [-0.39, 0.29) is 18.0 Å². The lowest BCUT2D eigenvalue weighted by Gasteiger charge is -2.09. The number of rotatable bonds is 5. The number of benzene rings is 2. The second-order valence-electron chi connectivity index (χ2n) is 6.46. The Hall–Kier alpha value is -3.74. The predicted octanol–water partition coefficient (Wildman–Crippen LogP) is 2.23. The predicted molar refractivity (Wildman–Crippen MR) is 107 cm³/mol. The highest BCUT2D eigenvalue weighted by Crippen LogP contribution is 2.14. The van der Waals surface area contributed by atoms with E-state index in [0.717, 1.165) is 16.6 Å². The normalized spacial score (nSPS) is 10.9. The summed E-state index contributed by atoms with van der Waals surface area (Å²) in [7, 11) is 1.91. The van der Waals surface area contributed by atoms with Gasteiger partial charge in [-0.1, -0.05) is 30.3 Å². The molecule has 0 bridgehead atoms. The molecule has 4 aromatic rings. The van der Waals surface area contributed by atoms with Crippen molar-refractivity contribution in [2.45, 2.75) is 6.54 Å². The van der Waals surface area contributed by atoms with Crippen LogP contribution in [0.1, 0.15) is 10.4 Å². The molecule has 1 N–H and O–H groups in total. The number of carbonyl (C=O) groups excluding carboxylic acids is 1. The van der Waals surface area contributed by atoms with Crippen LogP contribution >= 0.6 is 0 Å². The number of carbonyl (C=O) groups is 1. The maximum atomic E-state index is 12.4. The quantitative estimate of drug-likeness (QED) is 0.582. The molecule has 0 unspecified atom stereocenters. The summed E-state index contributed by atoms with van der Waals surface area (Å²) in [6, 6.07) is 18.2. The Kier molecular flexibility index (Phi) is 4.72. The number of aromatic nitrogens is 4. The Morgan fingerprint density at radius 1 is 1.07 bits per heavy atom. The van der Waals surface area contributed by atoms with E-state index < -0.39 is 0 Å². The molecule has 2 heterocycles. The first kappa shape index (κ1) is 17.7. The van der Waals surface area contributed by atoms with Crippen LogP contribution in [0, 0.1) is 0 Å². The van der Waals surface area contributed by atoms with Gasteiger partial charge in [0.15, 0.2) is 0 Å². The highest BCUT2D eigenvalue weighted by atomic mass is 16.1. The summed E-state index contributed by atoms with van der Waals surface area (Å²) in [6.45, 7) is 0.585. The molecule has 0 aliphatic heterocycles. The van der Waals surface area contributed by atoms with Crippen molar-refractivity contribution in [3.63, 3.8) is 0 Å². The summed E-state index contributed by atoms with van der Waals surface area (Å²) < 4.78 is 3.26. The van der Waals surface area contributed by atoms with Gasteiger partial charge in [0.2, 0.25) is 0 Å². The van der Waals surface area contributed by atoms with Crippen molar-refractivity contribution in [3.05, 3.63) is 82.9 Å². The molecule has 0 aliphatic carbocycles. The van der Waals surface area contributed by atoms with E-state index in [1.165, 1.54) is 10.7 Å². The first-order valence-electron chi connectivity index (χ1n) is 8.95. The molecule has 2 aromatic heterocycles. The molecule has 4 rings (SSSR count). The smallest absolute Gasteiger partial charge is 0.266 e. The van der Waals surface area contributed by atoms with Gasteiger partial charge in [-0.25, -0.2) is 9.67 Å². The van der Waals surface area contributed by atoms with Gasteiger partial charge in [0, 0.05) is 30.8 Å². The van der Waals surface area contributed by atoms with Crippen LogP contribution in [0.5, 0.6) is 0 Å². The first-order valence-corrected chi connectivity index (χ1v) is 8.95. The van der Waals surface area contributed by atoms with Crippen molar-refractivity contribution >= 4 is 16.9 Å². The lowest BCUT2D eigenvalue weighted by Crippen LogP contribution is -2.31. The molecule has 7 heteroatoms. The third kappa shape index (κ3) is 3.55. The van der Waals surface area contributed by atoms with Gasteiger partial charge >= 0.3 is 0 Å². The average molecular weight is 373 g/mol. The number of imidazole rings is 1. The van der Waals surface area contributed by atoms with E-state index in [0.29, 0.717) is 17.8 Å². The standard InChI is InChI=1S/C21H19N5O2/c1-25-14-23-18-13-16(7-9-19(18)25)21(28)22-11-12-26-20(27)10-8-17(24-26)15-5-3-2-4-6-15/h2-10,13-14H,11-12H2,1H3,(H,22,28). The zero-order chi connectivity index (χ0) is 19.5. The Morgan fingerprint density at radius 2 is 1.89 bits per heavy atom. The van der Waals surface area contributed by atoms with E-state index in [4.69, 9.17) is 0 Å². The second kappa shape index (κ2) is 7.48. The zero-order valence-corrected chi connectivity index (χ0v) is 15.4. The minimum atomic E-state index is -0.209. The van der Waals surface area contributed by atoms with Crippen LogP contribution in [0.3, 0.4) is 0 Å². The molecule has 0 fully saturated rings. The Morgan fingerprint density at radius 3 is 2.71 bits per heavy atom. The fourth-order valence-corrected chi connectivity index (χ4v) is 3.03. The fourth-order valence-electron chi connectivity index (χ4n) is 3.03. The molecule has 0 saturated carbocycles. The molecule has 140 valence electrons. The number of fused-ring (bicyclic) bond motifs is 1. The van der Waals surface area contributed by atoms with Crippen molar-refractivity contribution in [2.75, 3.05) is 6.54 Å². The Labute approximate surface area is 161 Å². The van der Waals surface area contributed by atoms with Crippen molar-refractivity contribution < 1.29 is 4.79 Å². The van der Waals surface area contributed by atoms with E-state index >= 15 is 0 Å². The van der Waals surface area contributed by atoms with Gasteiger partial charge in [-0.2, -0.15) is 5.10 Å². The molecular weight excluding hydrogens is 354 g/mol. The summed E-state index contributed by atoms with van der Waals surface area (Å²) >= 11 is 0. The van der Waals surface area contributed by atoms with Crippen LogP contribution in [-0.4, -0.2) is 31.8 Å². The molecule has 0 spiro atoms. The van der Waals surface area contributed by atoms with Gasteiger partial charge in [0.25, 0.3) is 11.5 Å². The zero-order valence-electron chi connectivity index (χ0n) is 15.4. The van der Waals surface area contributed by atoms with Crippen LogP contribution in [0.2, 0.25) is 0 Å². The summed E-state index contributed by atoms with van der Waals surface area (Å²) in [5.74, 6) is -0.209. The number of nitrogens with one attached hydrogen (secondary N) is 1. The largest absolute Gasteiger partial charge is 0.350 e. The highest BCUT2D eigenvalue weighted by Gasteiger charge is 2.09. The SMILES string of the molecule is Cn1cnc2cc(C(=O)NCCn3nc(-c4ccccc4)ccc3=O)ccc21. The van der Waals surface area contributed by atoms with Crippen molar-refractivity contribution in [2.24, 2.45) is 7.05 Å². The molecule has 0 aliphatic rings. The Bertz CT molecular complexity index is 1190. The summed E-state index contributed by atoms with van der Waals surface area (Å²) in [6.07, 6.45) is 1.71. The van der Waals surface area contributed by atoms with E-state index in [1.807, 2.05) is 48.0 Å². The number of amides is 1. The molecule has 0 saturated heterocycles. The van der Waals surface area contributed by atoms with Crippen LogP contribution in [0.15, 0.2) is 71.8 Å². The minimum Gasteiger partial charge on any atom is -0.350 e. The monoisotopic (exact) mass is 373 g/mol. The van der Waals surface area contributed by atoms with Crippen LogP contribution in [0.25, 0.3) is 22.3 Å². The molecule has 2 aromatic carbocycles. The van der Waals surface area contributed by atoms with Gasteiger partial charge < -0.3 is 9.88 Å². The number of hydrogen-bond acceptors (Lipinski definition) is 4. The molecule has 7 nitrogen and oxygen atoms in total. The van der Waals surface area contributed by atoms with Gasteiger partial charge in [-0.3, -0.25) is 9.59 Å². The molecule has 1 amide bonds.